The molecule has 1 aromatic rings. The van der Waals surface area contributed by atoms with E-state index in [0.717, 1.165) is 0 Å². The van der Waals surface area contributed by atoms with Crippen LogP contribution in [0.5, 0.6) is 0 Å². The van der Waals surface area contributed by atoms with Crippen molar-refractivity contribution in [2.45, 2.75) is 0 Å². The molecule has 0 aliphatic carbocycles. The Morgan fingerprint density at radius 1 is 0.722 bits per heavy atom. The number of carboxylic acids is 2. The van der Waals surface area contributed by atoms with E-state index in [0.29, 0.717) is 0 Å². The van der Waals surface area contributed by atoms with E-state index in [2.05, 4.69) is 0 Å². The number of rotatable bonds is 2. The maximum Gasteiger partial charge on any atom is 1.00 e. The number of hydrogen-bond acceptors (Lipinski definition) is 2. The van der Waals surface area contributed by atoms with Crippen molar-refractivity contribution in [3.63, 3.8) is 0 Å². The van der Waals surface area contributed by atoms with Crippen molar-refractivity contribution < 1.29 is 81.8 Å². The smallest absolute Gasteiger partial charge is 1.00 e. The average Bonchev–Trinajstić information content (AvgIpc) is 2.18. The summed E-state index contributed by atoms with van der Waals surface area (Å²) in [5.74, 6) is -3.11. The van der Waals surface area contributed by atoms with E-state index in [1.54, 1.807) is 0 Å². The van der Waals surface area contributed by atoms with Crippen molar-refractivity contribution in [3.8, 4) is 0 Å². The third-order valence-corrected chi connectivity index (χ3v) is 3.50. The number of halogens is 4. The fraction of sp³-hybridized carbons (Fsp3) is 0. The minimum Gasteiger partial charge on any atom is -1.00 e. The van der Waals surface area contributed by atoms with Crippen LogP contribution in [0.15, 0.2) is 0 Å². The van der Waals surface area contributed by atoms with Gasteiger partial charge in [-0.05, 0) is 0 Å². The van der Waals surface area contributed by atoms with Gasteiger partial charge in [0.2, 0.25) is 0 Å². The van der Waals surface area contributed by atoms with Crippen LogP contribution in [0.4, 0.5) is 0 Å². The Morgan fingerprint density at radius 2 is 0.944 bits per heavy atom. The zero-order chi connectivity index (χ0) is 12.6. The molecule has 10 heteroatoms. The van der Waals surface area contributed by atoms with E-state index in [1.807, 2.05) is 0 Å². The number of hydrogen-bond donors (Lipinski definition) is 2. The second-order valence-electron chi connectivity index (χ2n) is 2.62. The molecule has 1 aromatic carbocycles. The minimum absolute atomic E-state index is 0. The predicted octanol–water partition coefficient (Wildman–Crippen LogP) is -2.07. The summed E-state index contributed by atoms with van der Waals surface area (Å²) in [6.45, 7) is 0. The summed E-state index contributed by atoms with van der Waals surface area (Å²) < 4.78 is 0. The van der Waals surface area contributed by atoms with Gasteiger partial charge in [0.05, 0.1) is 31.2 Å². The van der Waals surface area contributed by atoms with Gasteiger partial charge in [-0.2, -0.15) is 0 Å². The molecule has 90 valence electrons. The van der Waals surface area contributed by atoms with Crippen molar-refractivity contribution in [3.05, 3.63) is 31.2 Å². The second-order valence-corrected chi connectivity index (χ2v) is 4.13. The van der Waals surface area contributed by atoms with E-state index >= 15 is 0 Å². The third kappa shape index (κ3) is 4.16. The fourth-order valence-electron chi connectivity index (χ4n) is 1.03. The van der Waals surface area contributed by atoms with Gasteiger partial charge in [-0.25, -0.2) is 9.59 Å². The molecule has 0 amide bonds. The second kappa shape index (κ2) is 8.57. The van der Waals surface area contributed by atoms with Crippen molar-refractivity contribution in [1.29, 1.82) is 0 Å². The fourth-order valence-corrected chi connectivity index (χ4v) is 2.05. The van der Waals surface area contributed by atoms with E-state index in [1.165, 1.54) is 0 Å². The van der Waals surface area contributed by atoms with Gasteiger partial charge in [0.1, 0.15) is 0 Å². The Morgan fingerprint density at radius 3 is 1.11 bits per heavy atom. The van der Waals surface area contributed by atoms with Crippen molar-refractivity contribution in [1.82, 2.24) is 0 Å². The maximum absolute atomic E-state index is 10.9. The predicted molar refractivity (Wildman–Crippen MR) is 62.6 cm³/mol. The zero-order valence-electron chi connectivity index (χ0n) is 11.2. The molecule has 18 heavy (non-hydrogen) atoms. The Balaban J connectivity index is -0.000000320. The van der Waals surface area contributed by atoms with E-state index in [9.17, 15) is 9.59 Å². The van der Waals surface area contributed by atoms with E-state index < -0.39 is 33.1 Å². The SMILES string of the molecule is O=C(O)c1c(Cl)c(Cl)c(Cl)c(Cl)c1C(=O)O.[H-].[H-].[Na+].[Na+]. The van der Waals surface area contributed by atoms with Crippen molar-refractivity contribution >= 4 is 58.3 Å². The Bertz CT molecular complexity index is 471. The van der Waals surface area contributed by atoms with Crippen molar-refractivity contribution in [2.24, 2.45) is 0 Å². The summed E-state index contributed by atoms with van der Waals surface area (Å²) in [7, 11) is 0. The molecule has 4 nitrogen and oxygen atoms in total. The first-order chi connectivity index (χ1) is 7.29. The molecule has 0 saturated heterocycles. The molecule has 0 unspecified atom stereocenters. The van der Waals surface area contributed by atoms with Gasteiger partial charge in [0, 0.05) is 0 Å². The Labute approximate surface area is 169 Å². The molecule has 2 N–H and O–H groups in total. The minimum atomic E-state index is -1.55. The quantitative estimate of drug-likeness (QED) is 0.365. The monoisotopic (exact) mass is 350 g/mol. The van der Waals surface area contributed by atoms with Gasteiger partial charge in [0.25, 0.3) is 0 Å². The van der Waals surface area contributed by atoms with Gasteiger partial charge >= 0.3 is 71.1 Å². The molecule has 0 fully saturated rings. The summed E-state index contributed by atoms with van der Waals surface area (Å²) in [5, 5.41) is 16.1. The van der Waals surface area contributed by atoms with Crippen molar-refractivity contribution in [2.75, 3.05) is 0 Å². The van der Waals surface area contributed by atoms with Crippen LogP contribution in [-0.2, 0) is 0 Å². The number of carbonyl (C=O) groups is 2. The Kier molecular flexibility index (Phi) is 10.3. The molecule has 0 radical (unpaired) electrons. The first-order valence-electron chi connectivity index (χ1n) is 3.61. The molecule has 0 bridgehead atoms. The summed E-state index contributed by atoms with van der Waals surface area (Å²) in [5.41, 5.74) is -1.37. The standard InChI is InChI=1S/C8H2Cl4O4.2Na.2H/c9-3-1(7(13)14)2(8(15)16)4(10)6(12)5(3)11;;;;/h(H,13,14)(H,15,16);;;;/q;2*+1;2*-1. The summed E-state index contributed by atoms with van der Waals surface area (Å²) in [6.07, 6.45) is 0. The molecule has 0 heterocycles. The summed E-state index contributed by atoms with van der Waals surface area (Å²) in [4.78, 5) is 21.7. The molecule has 0 saturated carbocycles. The summed E-state index contributed by atoms with van der Waals surface area (Å²) in [6, 6.07) is 0. The van der Waals surface area contributed by atoms with E-state index in [-0.39, 0.29) is 72.0 Å². The molecule has 0 atom stereocenters. The molecule has 1 rings (SSSR count). The van der Waals surface area contributed by atoms with Gasteiger partial charge in [0.15, 0.2) is 0 Å². The molecular weight excluding hydrogens is 348 g/mol. The van der Waals surface area contributed by atoms with Crippen LogP contribution in [0, 0.1) is 0 Å². The van der Waals surface area contributed by atoms with Crippen LogP contribution < -0.4 is 59.1 Å². The largest absolute Gasteiger partial charge is 1.00 e. The van der Waals surface area contributed by atoms with Crippen LogP contribution in [0.2, 0.25) is 20.1 Å². The van der Waals surface area contributed by atoms with Gasteiger partial charge < -0.3 is 13.1 Å². The third-order valence-electron chi connectivity index (χ3n) is 1.69. The van der Waals surface area contributed by atoms with Gasteiger partial charge in [-0.15, -0.1) is 0 Å². The molecule has 0 aliphatic heterocycles. The summed E-state index contributed by atoms with van der Waals surface area (Å²) >= 11 is 22.4. The van der Waals surface area contributed by atoms with Crippen LogP contribution in [0.1, 0.15) is 23.6 Å². The average molecular weight is 352 g/mol. The number of aromatic carboxylic acids is 2. The zero-order valence-corrected chi connectivity index (χ0v) is 16.2. The maximum atomic E-state index is 10.9. The first-order valence-corrected chi connectivity index (χ1v) is 5.12. The topological polar surface area (TPSA) is 74.6 Å². The molecular formula is C8H4Cl4Na2O4. The van der Waals surface area contributed by atoms with Crippen LogP contribution in [0.3, 0.4) is 0 Å². The van der Waals surface area contributed by atoms with Crippen LogP contribution >= 0.6 is 46.4 Å². The van der Waals surface area contributed by atoms with E-state index in [4.69, 9.17) is 56.6 Å². The first kappa shape index (κ1) is 21.6. The Hall–Kier alpha value is 1.32. The normalized spacial score (nSPS) is 9.11. The molecule has 0 aliphatic rings. The van der Waals surface area contributed by atoms with Crippen LogP contribution in [-0.4, -0.2) is 22.2 Å². The van der Waals surface area contributed by atoms with Crippen LogP contribution in [0.25, 0.3) is 0 Å². The van der Waals surface area contributed by atoms with Gasteiger partial charge in [-0.3, -0.25) is 0 Å². The molecule has 0 aromatic heterocycles. The van der Waals surface area contributed by atoms with Gasteiger partial charge in [-0.1, -0.05) is 46.4 Å². The molecule has 0 spiro atoms. The number of benzene rings is 1. The number of carboxylic acid groups (broad SMARTS) is 2.